The monoisotopic (exact) mass is 324 g/mol. The molecule has 0 fully saturated rings. The molecule has 0 unspecified atom stereocenters. The van der Waals surface area contributed by atoms with E-state index in [1.807, 2.05) is 34.0 Å². The third-order valence-corrected chi connectivity index (χ3v) is 9.91. The van der Waals surface area contributed by atoms with E-state index in [2.05, 4.69) is 13.0 Å². The first-order valence-corrected chi connectivity index (χ1v) is 10.3. The molecule has 0 radical (unpaired) electrons. The number of thioether (sulfide) groups is 2. The summed E-state index contributed by atoms with van der Waals surface area (Å²) in [5.41, 5.74) is 1.26. The van der Waals surface area contributed by atoms with Crippen molar-refractivity contribution in [1.29, 1.82) is 0 Å². The predicted octanol–water partition coefficient (Wildman–Crippen LogP) is 5.13. The zero-order valence-corrected chi connectivity index (χ0v) is 15.2. The fourth-order valence-corrected chi connectivity index (χ4v) is 8.15. The highest BCUT2D eigenvalue weighted by Gasteiger charge is 2.53. The summed E-state index contributed by atoms with van der Waals surface area (Å²) < 4.78 is 24.5. The number of hydrogen-bond acceptors (Lipinski definition) is 5. The Balaban J connectivity index is 3.13. The van der Waals surface area contributed by atoms with Crippen molar-refractivity contribution in [3.63, 3.8) is 0 Å². The average molecular weight is 324 g/mol. The second-order valence-corrected chi connectivity index (χ2v) is 10.7. The van der Waals surface area contributed by atoms with Crippen molar-refractivity contribution >= 4 is 31.1 Å². The second kappa shape index (κ2) is 7.04. The fraction of sp³-hybridized carbons (Fsp3) is 0.846. The van der Waals surface area contributed by atoms with Crippen LogP contribution in [0.15, 0.2) is 11.6 Å². The smallest absolute Gasteiger partial charge is 0.304 e. The molecule has 1 aliphatic rings. The molecule has 0 aromatic carbocycles. The first kappa shape index (κ1) is 17.6. The Kier molecular flexibility index (Phi) is 6.53. The molecule has 1 atom stereocenters. The van der Waals surface area contributed by atoms with E-state index in [0.717, 1.165) is 12.2 Å². The maximum atomic E-state index is 13.4. The summed E-state index contributed by atoms with van der Waals surface area (Å²) in [4.78, 5) is 0. The van der Waals surface area contributed by atoms with Gasteiger partial charge in [-0.15, -0.1) is 23.5 Å². The second-order valence-electron chi connectivity index (χ2n) is 5.26. The zero-order valence-electron chi connectivity index (χ0n) is 12.6. The van der Waals surface area contributed by atoms with Gasteiger partial charge in [-0.1, -0.05) is 11.6 Å². The molecule has 3 nitrogen and oxygen atoms in total. The van der Waals surface area contributed by atoms with Crippen molar-refractivity contribution in [3.05, 3.63) is 11.6 Å². The van der Waals surface area contributed by atoms with Crippen LogP contribution < -0.4 is 0 Å². The van der Waals surface area contributed by atoms with E-state index in [1.165, 1.54) is 5.57 Å². The molecule has 1 aliphatic heterocycles. The lowest BCUT2D eigenvalue weighted by Crippen LogP contribution is -2.29. The van der Waals surface area contributed by atoms with Gasteiger partial charge in [0.2, 0.25) is 0 Å². The van der Waals surface area contributed by atoms with Gasteiger partial charge in [-0.05, 0) is 40.9 Å². The predicted molar refractivity (Wildman–Crippen MR) is 87.1 cm³/mol. The van der Waals surface area contributed by atoms with Crippen molar-refractivity contribution < 1.29 is 13.6 Å². The molecular weight excluding hydrogens is 299 g/mol. The molecule has 0 saturated carbocycles. The van der Waals surface area contributed by atoms with Crippen LogP contribution in [0.25, 0.3) is 0 Å². The van der Waals surface area contributed by atoms with Gasteiger partial charge in [-0.2, -0.15) is 0 Å². The van der Waals surface area contributed by atoms with Crippen LogP contribution in [0.1, 0.15) is 41.0 Å². The van der Waals surface area contributed by atoms with Gasteiger partial charge in [-0.3, -0.25) is 4.57 Å². The van der Waals surface area contributed by atoms with Crippen LogP contribution in [0.2, 0.25) is 0 Å². The molecule has 0 aromatic heterocycles. The lowest BCUT2D eigenvalue weighted by Gasteiger charge is -2.40. The van der Waals surface area contributed by atoms with Gasteiger partial charge in [0.25, 0.3) is 0 Å². The van der Waals surface area contributed by atoms with Crippen molar-refractivity contribution in [2.45, 2.75) is 57.1 Å². The van der Waals surface area contributed by atoms with Crippen LogP contribution in [-0.2, 0) is 13.6 Å². The molecule has 1 rings (SSSR count). The van der Waals surface area contributed by atoms with Crippen LogP contribution in [0, 0.1) is 0 Å². The molecule has 0 spiro atoms. The first-order valence-electron chi connectivity index (χ1n) is 6.56. The van der Waals surface area contributed by atoms with Crippen molar-refractivity contribution in [3.8, 4) is 0 Å². The summed E-state index contributed by atoms with van der Waals surface area (Å²) >= 11 is 3.28. The molecule has 0 N–H and O–H groups in total. The SMILES string of the molecule is CS[C@]1(P(=O)(OC(C)C)OC(C)C)CC(C)=CCS1. The lowest BCUT2D eigenvalue weighted by molar-refractivity contribution is 0.139. The summed E-state index contributed by atoms with van der Waals surface area (Å²) in [6.07, 6.45) is 4.70. The fourth-order valence-electron chi connectivity index (χ4n) is 1.95. The molecule has 0 aliphatic carbocycles. The van der Waals surface area contributed by atoms with Crippen molar-refractivity contribution in [1.82, 2.24) is 0 Å². The van der Waals surface area contributed by atoms with E-state index >= 15 is 0 Å². The van der Waals surface area contributed by atoms with Gasteiger partial charge in [0.1, 0.15) is 0 Å². The summed E-state index contributed by atoms with van der Waals surface area (Å²) in [5.74, 6) is 0.861. The van der Waals surface area contributed by atoms with Gasteiger partial charge in [-0.25, -0.2) is 0 Å². The van der Waals surface area contributed by atoms with Gasteiger partial charge >= 0.3 is 7.60 Å². The number of allylic oxidation sites excluding steroid dienone is 1. The molecule has 6 heteroatoms. The summed E-state index contributed by atoms with van der Waals surface area (Å²) in [5, 5.41) is 0. The maximum Gasteiger partial charge on any atom is 0.357 e. The molecule has 1 heterocycles. The first-order chi connectivity index (χ1) is 8.74. The highest BCUT2D eigenvalue weighted by atomic mass is 32.2. The molecular formula is C13H25O3PS2. The van der Waals surface area contributed by atoms with E-state index in [-0.39, 0.29) is 12.2 Å². The highest BCUT2D eigenvalue weighted by molar-refractivity contribution is 8.25. The Bertz CT molecular complexity index is 368. The highest BCUT2D eigenvalue weighted by Crippen LogP contribution is 2.73. The average Bonchev–Trinajstić information content (AvgIpc) is 2.26. The van der Waals surface area contributed by atoms with Crippen LogP contribution >= 0.6 is 31.1 Å². The van der Waals surface area contributed by atoms with Crippen LogP contribution in [-0.4, -0.2) is 28.0 Å². The summed E-state index contributed by atoms with van der Waals surface area (Å²) in [6.45, 7) is 9.70. The Morgan fingerprint density at radius 3 is 2.21 bits per heavy atom. The Labute approximate surface area is 125 Å². The Morgan fingerprint density at radius 2 is 1.84 bits per heavy atom. The molecule has 0 saturated heterocycles. The minimum atomic E-state index is -3.19. The molecule has 19 heavy (non-hydrogen) atoms. The minimum absolute atomic E-state index is 0.111. The zero-order chi connectivity index (χ0) is 14.7. The third kappa shape index (κ3) is 4.28. The van der Waals surface area contributed by atoms with Crippen molar-refractivity contribution in [2.75, 3.05) is 12.0 Å². The number of hydrogen-bond donors (Lipinski definition) is 0. The summed E-state index contributed by atoms with van der Waals surface area (Å²) in [6, 6.07) is 0. The van der Waals surface area contributed by atoms with E-state index in [0.29, 0.717) is 0 Å². The van der Waals surface area contributed by atoms with Crippen LogP contribution in [0.5, 0.6) is 0 Å². The molecule has 0 amide bonds. The lowest BCUT2D eigenvalue weighted by atomic mass is 10.2. The maximum absolute atomic E-state index is 13.4. The third-order valence-electron chi connectivity index (χ3n) is 2.68. The van der Waals surface area contributed by atoms with E-state index in [4.69, 9.17) is 9.05 Å². The molecule has 0 aromatic rings. The van der Waals surface area contributed by atoms with Gasteiger partial charge < -0.3 is 9.05 Å². The normalized spacial score (nSPS) is 24.9. The van der Waals surface area contributed by atoms with Crippen LogP contribution in [0.3, 0.4) is 0 Å². The number of rotatable bonds is 6. The Hall–Kier alpha value is 0.590. The van der Waals surface area contributed by atoms with Crippen LogP contribution in [0.4, 0.5) is 0 Å². The topological polar surface area (TPSA) is 35.5 Å². The van der Waals surface area contributed by atoms with Gasteiger partial charge in [0, 0.05) is 12.2 Å². The Morgan fingerprint density at radius 1 is 1.32 bits per heavy atom. The molecule has 0 bridgehead atoms. The van der Waals surface area contributed by atoms with Crippen molar-refractivity contribution in [2.24, 2.45) is 0 Å². The standard InChI is InChI=1S/C13H25O3PS2/c1-10(2)15-17(14,16-11(3)4)13(18-6)9-12(5)7-8-19-13/h7,10-11H,8-9H2,1-6H3/t13-/m1/s1. The van der Waals surface area contributed by atoms with E-state index < -0.39 is 11.4 Å². The minimum Gasteiger partial charge on any atom is -0.304 e. The van der Waals surface area contributed by atoms with Gasteiger partial charge in [0.05, 0.1) is 12.2 Å². The molecule has 112 valence electrons. The van der Waals surface area contributed by atoms with Gasteiger partial charge in [0.15, 0.2) is 3.82 Å². The quantitative estimate of drug-likeness (QED) is 0.500. The largest absolute Gasteiger partial charge is 0.357 e. The summed E-state index contributed by atoms with van der Waals surface area (Å²) in [7, 11) is -3.19. The van der Waals surface area contributed by atoms with E-state index in [9.17, 15) is 4.57 Å². The van der Waals surface area contributed by atoms with E-state index in [1.54, 1.807) is 23.5 Å².